The molecule has 0 aromatic carbocycles. The van der Waals surface area contributed by atoms with Crippen LogP contribution in [0.4, 0.5) is 0 Å². The van der Waals surface area contributed by atoms with Crippen molar-refractivity contribution < 1.29 is 19.0 Å². The number of esters is 1. The third kappa shape index (κ3) is 1.47. The molecule has 84 valence electrons. The predicted molar refractivity (Wildman–Crippen MR) is 51.0 cm³/mol. The molecule has 3 rings (SSSR count). The van der Waals surface area contributed by atoms with Crippen LogP contribution in [0.15, 0.2) is 0 Å². The Kier molecular flexibility index (Phi) is 1.89. The highest BCUT2D eigenvalue weighted by Crippen LogP contribution is 2.44. The molecule has 0 N–H and O–H groups in total. The van der Waals surface area contributed by atoms with E-state index in [4.69, 9.17) is 14.2 Å². The summed E-state index contributed by atoms with van der Waals surface area (Å²) >= 11 is 0. The fraction of sp³-hybridized carbons (Fsp3) is 0.909. The van der Waals surface area contributed by atoms with Gasteiger partial charge in [-0.3, -0.25) is 4.79 Å². The van der Waals surface area contributed by atoms with Crippen LogP contribution in [0.5, 0.6) is 0 Å². The molecule has 0 aromatic rings. The van der Waals surface area contributed by atoms with Gasteiger partial charge < -0.3 is 14.2 Å². The zero-order valence-electron chi connectivity index (χ0n) is 9.06. The van der Waals surface area contributed by atoms with E-state index in [1.165, 1.54) is 0 Å². The predicted octanol–water partition coefficient (Wildman–Crippen LogP) is 1.09. The summed E-state index contributed by atoms with van der Waals surface area (Å²) in [6.07, 6.45) is 1.88. The zero-order valence-corrected chi connectivity index (χ0v) is 9.06. The van der Waals surface area contributed by atoms with Gasteiger partial charge in [0.05, 0.1) is 24.7 Å². The number of carbonyl (C=O) groups excluding carboxylic acids is 1. The van der Waals surface area contributed by atoms with Crippen molar-refractivity contribution in [3.8, 4) is 0 Å². The molecule has 3 fully saturated rings. The van der Waals surface area contributed by atoms with Crippen molar-refractivity contribution in [1.82, 2.24) is 0 Å². The Morgan fingerprint density at radius 2 is 1.87 bits per heavy atom. The van der Waals surface area contributed by atoms with Crippen molar-refractivity contribution in [1.29, 1.82) is 0 Å². The van der Waals surface area contributed by atoms with E-state index in [2.05, 4.69) is 0 Å². The van der Waals surface area contributed by atoms with Gasteiger partial charge in [-0.15, -0.1) is 0 Å². The maximum atomic E-state index is 11.4. The Bertz CT molecular complexity index is 299. The minimum absolute atomic E-state index is 0.0451. The molecule has 3 aliphatic rings. The summed E-state index contributed by atoms with van der Waals surface area (Å²) in [5.41, 5.74) is 0. The molecular formula is C11H16O4. The molecule has 0 radical (unpaired) electrons. The van der Waals surface area contributed by atoms with Crippen molar-refractivity contribution in [2.24, 2.45) is 11.8 Å². The quantitative estimate of drug-likeness (QED) is 0.564. The van der Waals surface area contributed by atoms with Crippen molar-refractivity contribution in [2.75, 3.05) is 6.61 Å². The van der Waals surface area contributed by atoms with Gasteiger partial charge in [0.1, 0.15) is 0 Å². The summed E-state index contributed by atoms with van der Waals surface area (Å²) in [6.45, 7) is 4.43. The van der Waals surface area contributed by atoms with Gasteiger partial charge in [0, 0.05) is 5.92 Å². The largest absolute Gasteiger partial charge is 0.465 e. The average molecular weight is 212 g/mol. The normalized spacial score (nSPS) is 47.2. The lowest BCUT2D eigenvalue weighted by atomic mass is 9.78. The highest BCUT2D eigenvalue weighted by molar-refractivity contribution is 5.75. The first-order valence-electron chi connectivity index (χ1n) is 5.57. The molecule has 0 amide bonds. The topological polar surface area (TPSA) is 44.8 Å². The van der Waals surface area contributed by atoms with Crippen LogP contribution in [0.1, 0.15) is 26.7 Å². The minimum atomic E-state index is -0.488. The Hall–Kier alpha value is -0.610. The SMILES string of the molecule is CC1(C)O[C@H]2C[C@H]3C(=O)OC[C@@H]3C[C@H]2O1. The van der Waals surface area contributed by atoms with Gasteiger partial charge in [-0.05, 0) is 26.7 Å². The van der Waals surface area contributed by atoms with E-state index < -0.39 is 5.79 Å². The summed E-state index contributed by atoms with van der Waals surface area (Å²) < 4.78 is 16.7. The van der Waals surface area contributed by atoms with Crippen LogP contribution in [-0.4, -0.2) is 30.6 Å². The average Bonchev–Trinajstić information content (AvgIpc) is 2.62. The molecule has 1 aliphatic carbocycles. The summed E-state index contributed by atoms with van der Waals surface area (Å²) in [4.78, 5) is 11.4. The van der Waals surface area contributed by atoms with E-state index in [1.807, 2.05) is 13.8 Å². The van der Waals surface area contributed by atoms with Gasteiger partial charge in [-0.25, -0.2) is 0 Å². The molecule has 0 aromatic heterocycles. The summed E-state index contributed by atoms with van der Waals surface area (Å²) in [5.74, 6) is -0.149. The van der Waals surface area contributed by atoms with Gasteiger partial charge in [0.15, 0.2) is 5.79 Å². The maximum absolute atomic E-state index is 11.4. The number of hydrogen-bond acceptors (Lipinski definition) is 4. The Morgan fingerprint density at radius 3 is 2.60 bits per heavy atom. The lowest BCUT2D eigenvalue weighted by Crippen LogP contribution is -2.37. The van der Waals surface area contributed by atoms with Gasteiger partial charge >= 0.3 is 5.97 Å². The Morgan fingerprint density at radius 1 is 1.20 bits per heavy atom. The minimum Gasteiger partial charge on any atom is -0.465 e. The molecule has 2 aliphatic heterocycles. The van der Waals surface area contributed by atoms with Gasteiger partial charge in [0.25, 0.3) is 0 Å². The molecule has 4 heteroatoms. The second kappa shape index (κ2) is 2.95. The molecule has 2 saturated heterocycles. The van der Waals surface area contributed by atoms with Crippen LogP contribution in [0.2, 0.25) is 0 Å². The highest BCUT2D eigenvalue weighted by Gasteiger charge is 2.52. The number of carbonyl (C=O) groups is 1. The Labute approximate surface area is 88.9 Å². The molecule has 1 saturated carbocycles. The summed E-state index contributed by atoms with van der Waals surface area (Å²) in [5, 5.41) is 0. The smallest absolute Gasteiger partial charge is 0.309 e. The van der Waals surface area contributed by atoms with E-state index in [1.54, 1.807) is 0 Å². The molecule has 0 bridgehead atoms. The number of hydrogen-bond donors (Lipinski definition) is 0. The van der Waals surface area contributed by atoms with Crippen molar-refractivity contribution in [2.45, 2.75) is 44.7 Å². The van der Waals surface area contributed by atoms with Gasteiger partial charge in [-0.1, -0.05) is 0 Å². The lowest BCUT2D eigenvalue weighted by molar-refractivity contribution is -0.149. The van der Waals surface area contributed by atoms with Crippen molar-refractivity contribution in [3.05, 3.63) is 0 Å². The molecule has 4 atom stereocenters. The van der Waals surface area contributed by atoms with Gasteiger partial charge in [0.2, 0.25) is 0 Å². The molecule has 2 heterocycles. The summed E-state index contributed by atoms with van der Waals surface area (Å²) in [7, 11) is 0. The van der Waals surface area contributed by atoms with E-state index in [-0.39, 0.29) is 24.1 Å². The van der Waals surface area contributed by atoms with Crippen LogP contribution >= 0.6 is 0 Å². The zero-order chi connectivity index (χ0) is 10.6. The third-order valence-electron chi connectivity index (χ3n) is 3.62. The van der Waals surface area contributed by atoms with E-state index in [0.29, 0.717) is 12.5 Å². The fourth-order valence-corrected chi connectivity index (χ4v) is 2.98. The highest BCUT2D eigenvalue weighted by atomic mass is 16.8. The third-order valence-corrected chi connectivity index (χ3v) is 3.62. The molecule has 0 unspecified atom stereocenters. The van der Waals surface area contributed by atoms with Crippen LogP contribution in [0, 0.1) is 11.8 Å². The fourth-order valence-electron chi connectivity index (χ4n) is 2.98. The number of fused-ring (bicyclic) bond motifs is 2. The first-order valence-corrected chi connectivity index (χ1v) is 5.57. The summed E-state index contributed by atoms with van der Waals surface area (Å²) in [6, 6.07) is 0. The van der Waals surface area contributed by atoms with Crippen LogP contribution in [-0.2, 0) is 19.0 Å². The van der Waals surface area contributed by atoms with Gasteiger partial charge in [-0.2, -0.15) is 0 Å². The second-order valence-corrected chi connectivity index (χ2v) is 5.18. The van der Waals surface area contributed by atoms with Crippen LogP contribution in [0.3, 0.4) is 0 Å². The number of rotatable bonds is 0. The number of cyclic esters (lactones) is 1. The molecule has 15 heavy (non-hydrogen) atoms. The van der Waals surface area contributed by atoms with E-state index >= 15 is 0 Å². The monoisotopic (exact) mass is 212 g/mol. The first kappa shape index (κ1) is 9.60. The number of ether oxygens (including phenoxy) is 3. The lowest BCUT2D eigenvalue weighted by Gasteiger charge is -2.29. The van der Waals surface area contributed by atoms with Crippen LogP contribution < -0.4 is 0 Å². The maximum Gasteiger partial charge on any atom is 0.309 e. The van der Waals surface area contributed by atoms with Crippen LogP contribution in [0.25, 0.3) is 0 Å². The second-order valence-electron chi connectivity index (χ2n) is 5.18. The standard InChI is InChI=1S/C11H16O4/c1-11(2)14-8-3-6-5-13-10(12)7(6)4-9(8)15-11/h6-9H,3-5H2,1-2H3/t6-,7+,8+,9-/m0/s1. The van der Waals surface area contributed by atoms with E-state index in [0.717, 1.165) is 12.8 Å². The first-order chi connectivity index (χ1) is 7.05. The Balaban J connectivity index is 1.78. The van der Waals surface area contributed by atoms with Crippen molar-refractivity contribution >= 4 is 5.97 Å². The molecular weight excluding hydrogens is 196 g/mol. The van der Waals surface area contributed by atoms with E-state index in [9.17, 15) is 4.79 Å². The molecule has 4 nitrogen and oxygen atoms in total. The van der Waals surface area contributed by atoms with Crippen molar-refractivity contribution in [3.63, 3.8) is 0 Å². The molecule has 0 spiro atoms.